The van der Waals surface area contributed by atoms with Crippen LogP contribution in [-0.4, -0.2) is 29.0 Å². The number of hydrogen-bond acceptors (Lipinski definition) is 5. The molecule has 0 amide bonds. The number of carbonyl (C=O) groups is 1. The summed E-state index contributed by atoms with van der Waals surface area (Å²) in [5.41, 5.74) is 5.77. The van der Waals surface area contributed by atoms with Crippen molar-refractivity contribution < 1.29 is 14.6 Å². The number of pyridine rings is 1. The molecule has 1 heterocycles. The minimum atomic E-state index is -0.120. The van der Waals surface area contributed by atoms with Crippen molar-refractivity contribution in [2.75, 3.05) is 18.5 Å². The molecule has 0 saturated heterocycles. The minimum Gasteiger partial charge on any atom is -0.455 e. The third-order valence-electron chi connectivity index (χ3n) is 13.2. The molecule has 0 fully saturated rings. The van der Waals surface area contributed by atoms with E-state index >= 15 is 0 Å². The molecule has 0 unspecified atom stereocenters. The molecular formula is C56H82N2O4. The zero-order valence-electron chi connectivity index (χ0n) is 39.0. The molecular weight excluding hydrogens is 765 g/mol. The second-order valence-electron chi connectivity index (χ2n) is 18.3. The Kier molecular flexibility index (Phi) is 22.8. The molecule has 0 radical (unpaired) electrons. The summed E-state index contributed by atoms with van der Waals surface area (Å²) in [6.45, 7) is 4.76. The first-order valence-corrected chi connectivity index (χ1v) is 25.6. The maximum absolute atomic E-state index is 14.3. The largest absolute Gasteiger partial charge is 0.455 e. The number of aromatic amines is 1. The number of rotatable bonds is 35. The van der Waals surface area contributed by atoms with Gasteiger partial charge in [-0.15, -0.1) is 0 Å². The third kappa shape index (κ3) is 15.4. The Hall–Kier alpha value is -3.90. The first-order valence-electron chi connectivity index (χ1n) is 25.6. The van der Waals surface area contributed by atoms with Crippen molar-refractivity contribution in [2.45, 2.75) is 206 Å². The highest BCUT2D eigenvalue weighted by Gasteiger charge is 2.32. The Balaban J connectivity index is 1.21. The number of nitrogens with one attached hydrogen (secondary N) is 2. The number of benzene rings is 3. The standard InChI is InChI=1S/C56H82N2O4/c1-3-5-7-9-11-13-15-17-18-20-22-24-26-28-30-39-48-51-46-37-31-32-38-47(46)55(60)52-49(57-40-41-59)43-50(54(53(51)52)58-56(48)61)62-45-36-33-35-44(42-45)34-29-27-25-23-21-19-16-14-12-10-8-6-4-2/h31-33,35-38,42-43,57,59H,3-30,34,39-41H2,1-2H3,(H,58,61). The van der Waals surface area contributed by atoms with Crippen LogP contribution in [0.1, 0.15) is 221 Å². The second kappa shape index (κ2) is 28.7. The summed E-state index contributed by atoms with van der Waals surface area (Å²) in [6.07, 6.45) is 38.4. The van der Waals surface area contributed by atoms with Crippen LogP contribution < -0.4 is 15.6 Å². The number of unbranched alkanes of at least 4 members (excludes halogenated alkanes) is 26. The van der Waals surface area contributed by atoms with Crippen LogP contribution in [0.25, 0.3) is 22.0 Å². The van der Waals surface area contributed by atoms with Crippen LogP contribution in [0.2, 0.25) is 0 Å². The topological polar surface area (TPSA) is 91.4 Å². The number of aliphatic hydroxyl groups excluding tert-OH is 1. The molecule has 5 rings (SSSR count). The predicted molar refractivity (Wildman–Crippen MR) is 264 cm³/mol. The number of aryl methyl sites for hydroxylation is 1. The van der Waals surface area contributed by atoms with Crippen molar-refractivity contribution in [2.24, 2.45) is 0 Å². The second-order valence-corrected chi connectivity index (χ2v) is 18.3. The van der Waals surface area contributed by atoms with Crippen molar-refractivity contribution in [3.63, 3.8) is 0 Å². The fourth-order valence-corrected chi connectivity index (χ4v) is 9.61. The fourth-order valence-electron chi connectivity index (χ4n) is 9.61. The molecule has 6 heteroatoms. The van der Waals surface area contributed by atoms with Gasteiger partial charge >= 0.3 is 0 Å². The third-order valence-corrected chi connectivity index (χ3v) is 13.2. The lowest BCUT2D eigenvalue weighted by Crippen LogP contribution is -2.22. The van der Waals surface area contributed by atoms with Crippen molar-refractivity contribution >= 4 is 22.4 Å². The van der Waals surface area contributed by atoms with Crippen molar-refractivity contribution in [1.29, 1.82) is 0 Å². The van der Waals surface area contributed by atoms with Gasteiger partial charge in [0.2, 0.25) is 0 Å². The number of ketones is 1. The normalized spacial score (nSPS) is 12.0. The zero-order chi connectivity index (χ0) is 43.6. The van der Waals surface area contributed by atoms with Crippen LogP contribution in [0.3, 0.4) is 0 Å². The van der Waals surface area contributed by atoms with Gasteiger partial charge in [-0.3, -0.25) is 9.59 Å². The highest BCUT2D eigenvalue weighted by atomic mass is 16.5. The number of aliphatic hydroxyl groups is 1. The molecule has 0 spiro atoms. The molecule has 3 N–H and O–H groups in total. The smallest absolute Gasteiger partial charge is 0.252 e. The molecule has 0 saturated carbocycles. The lowest BCUT2D eigenvalue weighted by molar-refractivity contribution is 0.104. The Morgan fingerprint density at radius 2 is 1.05 bits per heavy atom. The zero-order valence-corrected chi connectivity index (χ0v) is 39.0. The lowest BCUT2D eigenvalue weighted by Gasteiger charge is -2.26. The van der Waals surface area contributed by atoms with Gasteiger partial charge in [-0.05, 0) is 48.9 Å². The van der Waals surface area contributed by atoms with E-state index in [9.17, 15) is 14.7 Å². The molecule has 6 nitrogen and oxygen atoms in total. The van der Waals surface area contributed by atoms with Crippen LogP contribution in [-0.2, 0) is 12.8 Å². The summed E-state index contributed by atoms with van der Waals surface area (Å²) >= 11 is 0. The molecule has 3 aromatic carbocycles. The monoisotopic (exact) mass is 847 g/mol. The van der Waals surface area contributed by atoms with E-state index in [0.29, 0.717) is 40.3 Å². The van der Waals surface area contributed by atoms with Crippen LogP contribution in [0.15, 0.2) is 59.4 Å². The van der Waals surface area contributed by atoms with Crippen LogP contribution in [0, 0.1) is 0 Å². The van der Waals surface area contributed by atoms with Gasteiger partial charge in [0.25, 0.3) is 5.56 Å². The minimum absolute atomic E-state index is 0.0807. The van der Waals surface area contributed by atoms with Gasteiger partial charge in [-0.2, -0.15) is 0 Å². The number of fused-ring (bicyclic) bond motifs is 2. The quantitative estimate of drug-likeness (QED) is 0.0353. The van der Waals surface area contributed by atoms with Crippen molar-refractivity contribution in [1.82, 2.24) is 4.98 Å². The van der Waals surface area contributed by atoms with E-state index in [2.05, 4.69) is 36.3 Å². The van der Waals surface area contributed by atoms with E-state index in [4.69, 9.17) is 4.74 Å². The first-order chi connectivity index (χ1) is 30.6. The van der Waals surface area contributed by atoms with Gasteiger partial charge in [0.05, 0.1) is 17.7 Å². The number of hydrogen-bond donors (Lipinski definition) is 3. The lowest BCUT2D eigenvalue weighted by atomic mass is 9.80. The molecule has 1 aliphatic carbocycles. The summed E-state index contributed by atoms with van der Waals surface area (Å²) in [7, 11) is 0. The number of aromatic nitrogens is 1. The van der Waals surface area contributed by atoms with Gasteiger partial charge in [-0.25, -0.2) is 0 Å². The van der Waals surface area contributed by atoms with E-state index < -0.39 is 0 Å². The Morgan fingerprint density at radius 1 is 0.548 bits per heavy atom. The summed E-state index contributed by atoms with van der Waals surface area (Å²) in [4.78, 5) is 31.7. The molecule has 62 heavy (non-hydrogen) atoms. The molecule has 1 aliphatic rings. The van der Waals surface area contributed by atoms with E-state index in [1.54, 1.807) is 0 Å². The fraction of sp³-hybridized carbons (Fsp3) is 0.607. The van der Waals surface area contributed by atoms with E-state index in [1.807, 2.05) is 42.5 Å². The Labute approximate surface area is 375 Å². The molecule has 4 aromatic rings. The average Bonchev–Trinajstić information content (AvgIpc) is 3.28. The first kappa shape index (κ1) is 49.1. The van der Waals surface area contributed by atoms with Gasteiger partial charge in [0, 0.05) is 40.4 Å². The van der Waals surface area contributed by atoms with E-state index in [1.165, 1.54) is 166 Å². The highest BCUT2D eigenvalue weighted by Crippen LogP contribution is 2.46. The summed E-state index contributed by atoms with van der Waals surface area (Å²) in [6, 6.07) is 17.8. The van der Waals surface area contributed by atoms with E-state index in [0.717, 1.165) is 47.8 Å². The number of anilines is 1. The SMILES string of the molecule is CCCCCCCCCCCCCCCCCc1c2c3c(c(NCCO)cc(Oc4cccc(CCCCCCCCCCCCCCC)c4)c3[nH]c1=O)C(=O)c1ccccc1-2. The Morgan fingerprint density at radius 3 is 1.58 bits per heavy atom. The van der Waals surface area contributed by atoms with Crippen LogP contribution in [0.5, 0.6) is 11.5 Å². The molecule has 0 atom stereocenters. The molecule has 0 bridgehead atoms. The number of carbonyl (C=O) groups excluding carboxylic acids is 1. The van der Waals surface area contributed by atoms with Gasteiger partial charge < -0.3 is 20.1 Å². The van der Waals surface area contributed by atoms with Crippen LogP contribution in [0.4, 0.5) is 5.69 Å². The van der Waals surface area contributed by atoms with Crippen molar-refractivity contribution in [3.05, 3.63) is 87.2 Å². The molecule has 0 aliphatic heterocycles. The summed E-state index contributed by atoms with van der Waals surface area (Å²) in [5, 5.41) is 13.9. The Bertz CT molecular complexity index is 1960. The van der Waals surface area contributed by atoms with Gasteiger partial charge in [0.15, 0.2) is 11.5 Å². The van der Waals surface area contributed by atoms with Gasteiger partial charge in [0.1, 0.15) is 5.75 Å². The number of H-pyrrole nitrogens is 1. The van der Waals surface area contributed by atoms with Crippen LogP contribution >= 0.6 is 0 Å². The highest BCUT2D eigenvalue weighted by molar-refractivity contribution is 6.29. The van der Waals surface area contributed by atoms with E-state index in [-0.39, 0.29) is 24.5 Å². The van der Waals surface area contributed by atoms with Crippen molar-refractivity contribution in [3.8, 4) is 22.6 Å². The van der Waals surface area contributed by atoms with Gasteiger partial charge in [-0.1, -0.05) is 217 Å². The summed E-state index contributed by atoms with van der Waals surface area (Å²) < 4.78 is 6.67. The number of ether oxygens (including phenoxy) is 1. The maximum Gasteiger partial charge on any atom is 0.252 e. The predicted octanol–water partition coefficient (Wildman–Crippen LogP) is 16.0. The molecule has 1 aromatic heterocycles. The molecule has 340 valence electrons. The summed E-state index contributed by atoms with van der Waals surface area (Å²) in [5.74, 6) is 1.11. The maximum atomic E-state index is 14.3. The average molecular weight is 847 g/mol.